The number of hydrogen-bond donors (Lipinski definition) is 1. The average molecular weight is 260 g/mol. The van der Waals surface area contributed by atoms with E-state index in [9.17, 15) is 13.2 Å². The van der Waals surface area contributed by atoms with Crippen LogP contribution in [-0.4, -0.2) is 21.2 Å². The number of nitrogens with zero attached hydrogens (tertiary/aromatic N) is 3. The Kier molecular flexibility index (Phi) is 2.82. The lowest BCUT2D eigenvalue weighted by molar-refractivity contribution is -0.140. The Morgan fingerprint density at radius 2 is 2.00 bits per heavy atom. The number of rotatable bonds is 1. The van der Waals surface area contributed by atoms with Crippen LogP contribution in [0.25, 0.3) is 10.9 Å². The van der Waals surface area contributed by atoms with Crippen LogP contribution in [0.1, 0.15) is 5.69 Å². The van der Waals surface area contributed by atoms with E-state index in [1.807, 2.05) is 0 Å². The summed E-state index contributed by atoms with van der Waals surface area (Å²) in [7, 11) is 0. The van der Waals surface area contributed by atoms with E-state index in [0.717, 1.165) is 6.07 Å². The third kappa shape index (κ3) is 2.26. The van der Waals surface area contributed by atoms with Crippen LogP contribution in [0.4, 0.5) is 19.0 Å². The number of alkyl halides is 3. The van der Waals surface area contributed by atoms with Gasteiger partial charge >= 0.3 is 6.18 Å². The molecule has 0 spiro atoms. The Bertz CT molecular complexity index is 570. The van der Waals surface area contributed by atoms with E-state index >= 15 is 0 Å². The van der Waals surface area contributed by atoms with Gasteiger partial charge < -0.3 is 5.73 Å². The van der Waals surface area contributed by atoms with Crippen LogP contribution >= 0.6 is 11.8 Å². The zero-order valence-corrected chi connectivity index (χ0v) is 9.43. The number of aromatic nitrogens is 3. The lowest BCUT2D eigenvalue weighted by atomic mass is 10.2. The molecule has 0 unspecified atom stereocenters. The predicted molar refractivity (Wildman–Crippen MR) is 58.5 cm³/mol. The standard InChI is InChI=1S/C9H7F3N4S/c1-17-8-14-3-4-2-5(9(10,11)12)15-7(13)6(4)16-8/h2-3H,1H3,(H2,13,15). The monoisotopic (exact) mass is 260 g/mol. The van der Waals surface area contributed by atoms with Crippen LogP contribution in [0.2, 0.25) is 0 Å². The summed E-state index contributed by atoms with van der Waals surface area (Å²) < 4.78 is 37.4. The number of fused-ring (bicyclic) bond motifs is 1. The molecule has 0 saturated carbocycles. The van der Waals surface area contributed by atoms with Crippen molar-refractivity contribution in [1.29, 1.82) is 0 Å². The van der Waals surface area contributed by atoms with Gasteiger partial charge in [-0.05, 0) is 12.3 Å². The number of nitrogens with two attached hydrogens (primary N) is 1. The molecule has 0 saturated heterocycles. The summed E-state index contributed by atoms with van der Waals surface area (Å²) >= 11 is 1.27. The predicted octanol–water partition coefficient (Wildman–Crippen LogP) is 2.35. The first-order valence-electron chi connectivity index (χ1n) is 4.46. The van der Waals surface area contributed by atoms with Gasteiger partial charge in [0.15, 0.2) is 11.0 Å². The lowest BCUT2D eigenvalue weighted by Crippen LogP contribution is -2.10. The van der Waals surface area contributed by atoms with E-state index in [4.69, 9.17) is 5.73 Å². The quantitative estimate of drug-likeness (QED) is 0.629. The number of hydrogen-bond acceptors (Lipinski definition) is 5. The molecule has 2 N–H and O–H groups in total. The number of nitrogen functional groups attached to an aromatic ring is 1. The summed E-state index contributed by atoms with van der Waals surface area (Å²) in [6, 6.07) is 0.885. The minimum atomic E-state index is -4.53. The van der Waals surface area contributed by atoms with Crippen molar-refractivity contribution in [2.24, 2.45) is 0 Å². The minimum Gasteiger partial charge on any atom is -0.382 e. The third-order valence-corrected chi connectivity index (χ3v) is 2.61. The molecule has 0 bridgehead atoms. The second kappa shape index (κ2) is 4.02. The van der Waals surface area contributed by atoms with E-state index in [2.05, 4.69) is 15.0 Å². The number of halogens is 3. The maximum absolute atomic E-state index is 12.5. The molecule has 4 nitrogen and oxygen atoms in total. The molecule has 2 aromatic rings. The van der Waals surface area contributed by atoms with Crippen LogP contribution in [0.15, 0.2) is 17.4 Å². The molecule has 2 rings (SSSR count). The molecule has 2 heterocycles. The molecular formula is C9H7F3N4S. The van der Waals surface area contributed by atoms with Gasteiger partial charge in [0.05, 0.1) is 0 Å². The van der Waals surface area contributed by atoms with Crippen molar-refractivity contribution in [3.05, 3.63) is 18.0 Å². The van der Waals surface area contributed by atoms with Gasteiger partial charge in [-0.3, -0.25) is 0 Å². The molecule has 0 atom stereocenters. The average Bonchev–Trinajstić information content (AvgIpc) is 2.27. The number of anilines is 1. The van der Waals surface area contributed by atoms with E-state index < -0.39 is 11.9 Å². The molecule has 0 aliphatic carbocycles. The molecule has 0 fully saturated rings. The highest BCUT2D eigenvalue weighted by Gasteiger charge is 2.33. The molecule has 0 aliphatic heterocycles. The fourth-order valence-electron chi connectivity index (χ4n) is 1.29. The van der Waals surface area contributed by atoms with Crippen molar-refractivity contribution in [2.45, 2.75) is 11.3 Å². The first-order valence-corrected chi connectivity index (χ1v) is 5.68. The Balaban J connectivity index is 2.68. The molecule has 0 radical (unpaired) electrons. The van der Waals surface area contributed by atoms with Crippen LogP contribution < -0.4 is 5.73 Å². The second-order valence-corrected chi connectivity index (χ2v) is 3.96. The van der Waals surface area contributed by atoms with Crippen LogP contribution in [0, 0.1) is 0 Å². The zero-order valence-electron chi connectivity index (χ0n) is 8.62. The van der Waals surface area contributed by atoms with Gasteiger partial charge in [0, 0.05) is 11.6 Å². The Morgan fingerprint density at radius 3 is 2.59 bits per heavy atom. The first-order chi connectivity index (χ1) is 7.91. The Labute approximate surface area is 98.5 Å². The summed E-state index contributed by atoms with van der Waals surface area (Å²) in [5.74, 6) is -0.243. The highest BCUT2D eigenvalue weighted by molar-refractivity contribution is 7.98. The maximum atomic E-state index is 12.5. The van der Waals surface area contributed by atoms with Gasteiger partial charge in [-0.1, -0.05) is 11.8 Å². The normalized spacial score (nSPS) is 12.0. The summed E-state index contributed by atoms with van der Waals surface area (Å²) in [6.07, 6.45) is -1.46. The molecule has 0 amide bonds. The maximum Gasteiger partial charge on any atom is 0.433 e. The smallest absolute Gasteiger partial charge is 0.382 e. The molecular weight excluding hydrogens is 253 g/mol. The fourth-order valence-corrected chi connectivity index (χ4v) is 1.63. The molecule has 90 valence electrons. The van der Waals surface area contributed by atoms with Crippen LogP contribution in [0.5, 0.6) is 0 Å². The van der Waals surface area contributed by atoms with Crippen LogP contribution in [0.3, 0.4) is 0 Å². The molecule has 17 heavy (non-hydrogen) atoms. The highest BCUT2D eigenvalue weighted by Crippen LogP contribution is 2.31. The Hall–Kier alpha value is -1.57. The van der Waals surface area contributed by atoms with Gasteiger partial charge in [-0.25, -0.2) is 15.0 Å². The Morgan fingerprint density at radius 1 is 1.29 bits per heavy atom. The van der Waals surface area contributed by atoms with Crippen molar-refractivity contribution in [2.75, 3.05) is 12.0 Å². The van der Waals surface area contributed by atoms with Crippen LogP contribution in [-0.2, 0) is 6.18 Å². The van der Waals surface area contributed by atoms with Gasteiger partial charge in [-0.2, -0.15) is 13.2 Å². The summed E-state index contributed by atoms with van der Waals surface area (Å²) in [4.78, 5) is 11.2. The van der Waals surface area contributed by atoms with Gasteiger partial charge in [0.25, 0.3) is 0 Å². The van der Waals surface area contributed by atoms with Crippen molar-refractivity contribution in [3.8, 4) is 0 Å². The highest BCUT2D eigenvalue weighted by atomic mass is 32.2. The summed E-state index contributed by atoms with van der Waals surface area (Å²) in [6.45, 7) is 0. The summed E-state index contributed by atoms with van der Waals surface area (Å²) in [5, 5.41) is 0.661. The van der Waals surface area contributed by atoms with Crippen molar-refractivity contribution in [3.63, 3.8) is 0 Å². The number of thioether (sulfide) groups is 1. The summed E-state index contributed by atoms with van der Waals surface area (Å²) in [5.41, 5.74) is 4.66. The van der Waals surface area contributed by atoms with Gasteiger partial charge in [-0.15, -0.1) is 0 Å². The molecule has 2 aromatic heterocycles. The van der Waals surface area contributed by atoms with Crippen molar-refractivity contribution < 1.29 is 13.2 Å². The second-order valence-electron chi connectivity index (χ2n) is 3.19. The van der Waals surface area contributed by atoms with E-state index in [1.165, 1.54) is 18.0 Å². The van der Waals surface area contributed by atoms with Gasteiger partial charge in [0.2, 0.25) is 0 Å². The number of pyridine rings is 1. The third-order valence-electron chi connectivity index (χ3n) is 2.04. The molecule has 0 aliphatic rings. The largest absolute Gasteiger partial charge is 0.433 e. The van der Waals surface area contributed by atoms with E-state index in [1.54, 1.807) is 6.26 Å². The first kappa shape index (κ1) is 11.9. The van der Waals surface area contributed by atoms with Gasteiger partial charge in [0.1, 0.15) is 11.2 Å². The fraction of sp³-hybridized carbons (Fsp3) is 0.222. The van der Waals surface area contributed by atoms with E-state index in [-0.39, 0.29) is 16.7 Å². The topological polar surface area (TPSA) is 64.7 Å². The minimum absolute atomic E-state index is 0.225. The lowest BCUT2D eigenvalue weighted by Gasteiger charge is -2.08. The SMILES string of the molecule is CSc1ncc2cc(C(F)(F)F)nc(N)c2n1. The zero-order chi connectivity index (χ0) is 12.6. The molecule has 0 aromatic carbocycles. The van der Waals surface area contributed by atoms with E-state index in [0.29, 0.717) is 5.16 Å². The molecule has 8 heteroatoms. The van der Waals surface area contributed by atoms with Crippen molar-refractivity contribution >= 4 is 28.5 Å². The van der Waals surface area contributed by atoms with Crippen molar-refractivity contribution in [1.82, 2.24) is 15.0 Å².